The van der Waals surface area contributed by atoms with Gasteiger partial charge in [0.1, 0.15) is 17.3 Å². The number of nitrogens with one attached hydrogen (secondary N) is 1. The van der Waals surface area contributed by atoms with Crippen LogP contribution in [0.3, 0.4) is 0 Å². The Balaban J connectivity index is 1.95. The molecule has 4 nitrogen and oxygen atoms in total. The van der Waals surface area contributed by atoms with E-state index in [9.17, 15) is 9.18 Å². The molecule has 1 amide bonds. The lowest BCUT2D eigenvalue weighted by molar-refractivity contribution is -0.115. The van der Waals surface area contributed by atoms with Crippen molar-refractivity contribution in [3.8, 4) is 11.5 Å². The summed E-state index contributed by atoms with van der Waals surface area (Å²) in [7, 11) is 0. The molecule has 0 aliphatic carbocycles. The molecule has 0 unspecified atom stereocenters. The Kier molecular flexibility index (Phi) is 4.96. The summed E-state index contributed by atoms with van der Waals surface area (Å²) in [6.07, 6.45) is 3.65. The normalized spacial score (nSPS) is 10.6. The van der Waals surface area contributed by atoms with Crippen LogP contribution in [0.2, 0.25) is 0 Å². The maximum atomic E-state index is 13.0. The fourth-order valence-electron chi connectivity index (χ4n) is 2.30. The number of rotatable bonds is 5. The van der Waals surface area contributed by atoms with Gasteiger partial charge >= 0.3 is 0 Å². The van der Waals surface area contributed by atoms with Gasteiger partial charge in [-0.1, -0.05) is 0 Å². The highest BCUT2D eigenvalue weighted by molar-refractivity contribution is 7.80. The van der Waals surface area contributed by atoms with Gasteiger partial charge in [-0.2, -0.15) is 12.6 Å². The van der Waals surface area contributed by atoms with Crippen molar-refractivity contribution in [3.05, 3.63) is 60.7 Å². The Morgan fingerprint density at radius 1 is 1.12 bits per heavy atom. The van der Waals surface area contributed by atoms with E-state index in [0.717, 1.165) is 10.8 Å². The average molecular weight is 342 g/mol. The molecule has 0 aliphatic heterocycles. The number of hydrogen-bond acceptors (Lipinski definition) is 4. The smallest absolute Gasteiger partial charge is 0.225 e. The van der Waals surface area contributed by atoms with Gasteiger partial charge in [-0.15, -0.1) is 0 Å². The maximum absolute atomic E-state index is 13.0. The van der Waals surface area contributed by atoms with E-state index in [4.69, 9.17) is 4.74 Å². The lowest BCUT2D eigenvalue weighted by Gasteiger charge is -2.13. The summed E-state index contributed by atoms with van der Waals surface area (Å²) in [5.74, 6) is 1.18. The Hall–Kier alpha value is -2.60. The van der Waals surface area contributed by atoms with E-state index in [-0.39, 0.29) is 11.7 Å². The number of carbonyl (C=O) groups is 1. The van der Waals surface area contributed by atoms with Crippen molar-refractivity contribution in [2.75, 3.05) is 11.1 Å². The third-order valence-electron chi connectivity index (χ3n) is 3.43. The van der Waals surface area contributed by atoms with Gasteiger partial charge in [-0.05, 0) is 48.2 Å². The molecule has 0 saturated heterocycles. The topological polar surface area (TPSA) is 51.2 Å². The van der Waals surface area contributed by atoms with Crippen LogP contribution in [-0.4, -0.2) is 16.6 Å². The molecule has 6 heteroatoms. The summed E-state index contributed by atoms with van der Waals surface area (Å²) in [4.78, 5) is 15.9. The molecule has 122 valence electrons. The van der Waals surface area contributed by atoms with E-state index in [2.05, 4.69) is 22.9 Å². The molecular formula is C18H15FN2O2S. The molecule has 3 rings (SSSR count). The van der Waals surface area contributed by atoms with Crippen molar-refractivity contribution >= 4 is 35.0 Å². The van der Waals surface area contributed by atoms with Crippen LogP contribution in [0.4, 0.5) is 10.1 Å². The number of carbonyl (C=O) groups excluding carboxylic acids is 1. The SMILES string of the molecule is O=C(CCS)Nc1ccc(Oc2ccc(F)cc2)c2ccncc12. The Bertz CT molecular complexity index is 869. The summed E-state index contributed by atoms with van der Waals surface area (Å²) in [5.41, 5.74) is 0.663. The van der Waals surface area contributed by atoms with E-state index in [1.54, 1.807) is 36.7 Å². The van der Waals surface area contributed by atoms with Gasteiger partial charge in [-0.25, -0.2) is 4.39 Å². The number of anilines is 1. The van der Waals surface area contributed by atoms with Crippen molar-refractivity contribution in [2.24, 2.45) is 0 Å². The van der Waals surface area contributed by atoms with Crippen molar-refractivity contribution in [3.63, 3.8) is 0 Å². The number of benzene rings is 2. The van der Waals surface area contributed by atoms with Crippen LogP contribution in [0.25, 0.3) is 10.8 Å². The van der Waals surface area contributed by atoms with Crippen LogP contribution in [0.15, 0.2) is 54.9 Å². The van der Waals surface area contributed by atoms with Crippen LogP contribution in [0, 0.1) is 5.82 Å². The molecule has 2 aromatic carbocycles. The van der Waals surface area contributed by atoms with Gasteiger partial charge in [0.05, 0.1) is 5.69 Å². The molecule has 1 heterocycles. The first-order valence-electron chi connectivity index (χ1n) is 7.38. The van der Waals surface area contributed by atoms with Gasteiger partial charge in [0.25, 0.3) is 0 Å². The van der Waals surface area contributed by atoms with Gasteiger partial charge in [-0.3, -0.25) is 9.78 Å². The summed E-state index contributed by atoms with van der Waals surface area (Å²) in [6.45, 7) is 0. The van der Waals surface area contributed by atoms with Gasteiger partial charge in [0, 0.05) is 29.6 Å². The number of nitrogens with zero attached hydrogens (tertiary/aromatic N) is 1. The zero-order valence-corrected chi connectivity index (χ0v) is 13.6. The first-order valence-corrected chi connectivity index (χ1v) is 8.01. The van der Waals surface area contributed by atoms with Crippen molar-refractivity contribution in [1.29, 1.82) is 0 Å². The highest BCUT2D eigenvalue weighted by Gasteiger charge is 2.10. The number of amides is 1. The minimum atomic E-state index is -0.321. The monoisotopic (exact) mass is 342 g/mol. The second-order valence-corrected chi connectivity index (χ2v) is 5.56. The Morgan fingerprint density at radius 2 is 1.92 bits per heavy atom. The zero-order valence-electron chi connectivity index (χ0n) is 12.7. The van der Waals surface area contributed by atoms with Gasteiger partial charge in [0.15, 0.2) is 0 Å². The standard InChI is InChI=1S/C18H15FN2O2S/c19-12-1-3-13(4-2-12)23-17-6-5-16(21-18(22)8-10-24)15-11-20-9-7-14(15)17/h1-7,9,11,24H,8,10H2,(H,21,22). The number of thiol groups is 1. The van der Waals surface area contributed by atoms with Crippen molar-refractivity contribution in [1.82, 2.24) is 4.98 Å². The zero-order chi connectivity index (χ0) is 16.9. The molecule has 24 heavy (non-hydrogen) atoms. The van der Waals surface area contributed by atoms with Gasteiger partial charge < -0.3 is 10.1 Å². The Labute approximate surface area is 144 Å². The van der Waals surface area contributed by atoms with E-state index >= 15 is 0 Å². The predicted octanol–water partition coefficient (Wildman–Crippen LogP) is 4.42. The van der Waals surface area contributed by atoms with E-state index < -0.39 is 0 Å². The van der Waals surface area contributed by atoms with E-state index in [0.29, 0.717) is 29.4 Å². The molecular weight excluding hydrogens is 327 g/mol. The molecule has 0 spiro atoms. The summed E-state index contributed by atoms with van der Waals surface area (Å²) in [6, 6.07) is 11.1. The Morgan fingerprint density at radius 3 is 2.67 bits per heavy atom. The number of halogens is 1. The lowest BCUT2D eigenvalue weighted by Crippen LogP contribution is -2.12. The highest BCUT2D eigenvalue weighted by Crippen LogP contribution is 2.34. The quantitative estimate of drug-likeness (QED) is 0.675. The number of aromatic nitrogens is 1. The molecule has 0 saturated carbocycles. The maximum Gasteiger partial charge on any atom is 0.225 e. The number of pyridine rings is 1. The van der Waals surface area contributed by atoms with Crippen LogP contribution >= 0.6 is 12.6 Å². The molecule has 3 aromatic rings. The van der Waals surface area contributed by atoms with Crippen molar-refractivity contribution < 1.29 is 13.9 Å². The number of hydrogen-bond donors (Lipinski definition) is 2. The van der Waals surface area contributed by atoms with Crippen LogP contribution < -0.4 is 10.1 Å². The minimum absolute atomic E-state index is 0.109. The predicted molar refractivity (Wildman–Crippen MR) is 95.3 cm³/mol. The minimum Gasteiger partial charge on any atom is -0.457 e. The largest absolute Gasteiger partial charge is 0.457 e. The van der Waals surface area contributed by atoms with Crippen LogP contribution in [0.5, 0.6) is 11.5 Å². The second kappa shape index (κ2) is 7.31. The van der Waals surface area contributed by atoms with E-state index in [1.165, 1.54) is 12.1 Å². The van der Waals surface area contributed by atoms with Crippen LogP contribution in [-0.2, 0) is 4.79 Å². The fourth-order valence-corrected chi connectivity index (χ4v) is 2.51. The average Bonchev–Trinajstić information content (AvgIpc) is 2.59. The molecule has 0 radical (unpaired) electrons. The number of fused-ring (bicyclic) bond motifs is 1. The summed E-state index contributed by atoms with van der Waals surface area (Å²) >= 11 is 4.06. The number of ether oxygens (including phenoxy) is 1. The first kappa shape index (κ1) is 16.3. The van der Waals surface area contributed by atoms with E-state index in [1.807, 2.05) is 6.07 Å². The third kappa shape index (κ3) is 3.65. The molecule has 0 bridgehead atoms. The molecule has 0 atom stereocenters. The second-order valence-electron chi connectivity index (χ2n) is 5.11. The fraction of sp³-hybridized carbons (Fsp3) is 0.111. The summed E-state index contributed by atoms with van der Waals surface area (Å²) in [5, 5.41) is 4.42. The summed E-state index contributed by atoms with van der Waals surface area (Å²) < 4.78 is 18.8. The third-order valence-corrected chi connectivity index (χ3v) is 3.66. The molecule has 0 fully saturated rings. The first-order chi connectivity index (χ1) is 11.7. The lowest BCUT2D eigenvalue weighted by atomic mass is 10.1. The van der Waals surface area contributed by atoms with Crippen molar-refractivity contribution in [2.45, 2.75) is 6.42 Å². The van der Waals surface area contributed by atoms with Crippen LogP contribution in [0.1, 0.15) is 6.42 Å². The molecule has 1 N–H and O–H groups in total. The highest BCUT2D eigenvalue weighted by atomic mass is 32.1. The molecule has 0 aliphatic rings. The van der Waals surface area contributed by atoms with Gasteiger partial charge in [0.2, 0.25) is 5.91 Å². The molecule has 1 aromatic heterocycles.